The molecular formula is C24H27N5O3S. The summed E-state index contributed by atoms with van der Waals surface area (Å²) in [6, 6.07) is 14.2. The molecule has 1 aromatic heterocycles. The standard InChI is InChI=1S/C24H27N5O3S/c1-5-13-29-22(17(3)25-23(31)20-12-7-6-9-16(20)2)27-28-24(29)33-15-21(30)26-18-10-8-11-19(14-18)32-4/h5-12,14,17H,1,13,15H2,2-4H3,(H,25,31)(H,26,30)/t17-/m0/s1. The fraction of sp³-hybridized carbons (Fsp3) is 0.250. The topological polar surface area (TPSA) is 98.1 Å². The molecule has 0 aliphatic carbocycles. The first kappa shape index (κ1) is 24.1. The molecule has 9 heteroatoms. The van der Waals surface area contributed by atoms with E-state index >= 15 is 0 Å². The number of carbonyl (C=O) groups excluding carboxylic acids is 2. The van der Waals surface area contributed by atoms with Crippen LogP contribution in [0.1, 0.15) is 34.7 Å². The van der Waals surface area contributed by atoms with Crippen molar-refractivity contribution in [1.82, 2.24) is 20.1 Å². The first-order chi connectivity index (χ1) is 15.9. The Morgan fingerprint density at radius 1 is 1.21 bits per heavy atom. The minimum absolute atomic E-state index is 0.149. The molecule has 33 heavy (non-hydrogen) atoms. The highest BCUT2D eigenvalue weighted by Gasteiger charge is 2.21. The summed E-state index contributed by atoms with van der Waals surface area (Å²) in [6.45, 7) is 8.00. The second-order valence-electron chi connectivity index (χ2n) is 7.32. The van der Waals surface area contributed by atoms with Crippen LogP contribution >= 0.6 is 11.8 Å². The number of allylic oxidation sites excluding steroid dienone is 1. The molecule has 1 heterocycles. The fourth-order valence-electron chi connectivity index (χ4n) is 3.22. The molecule has 3 rings (SSSR count). The van der Waals surface area contributed by atoms with Crippen molar-refractivity contribution in [1.29, 1.82) is 0 Å². The highest BCUT2D eigenvalue weighted by molar-refractivity contribution is 7.99. The fourth-order valence-corrected chi connectivity index (χ4v) is 3.98. The minimum atomic E-state index is -0.385. The van der Waals surface area contributed by atoms with Crippen LogP contribution in [0.3, 0.4) is 0 Å². The van der Waals surface area contributed by atoms with Gasteiger partial charge in [0.2, 0.25) is 5.91 Å². The molecule has 2 aromatic carbocycles. The van der Waals surface area contributed by atoms with Crippen molar-refractivity contribution in [2.75, 3.05) is 18.2 Å². The van der Waals surface area contributed by atoms with Gasteiger partial charge < -0.3 is 19.9 Å². The third-order valence-corrected chi connectivity index (χ3v) is 5.83. The number of ether oxygens (including phenoxy) is 1. The Hall–Kier alpha value is -3.59. The van der Waals surface area contributed by atoms with Gasteiger partial charge in [0.1, 0.15) is 5.75 Å². The highest BCUT2D eigenvalue weighted by atomic mass is 32.2. The SMILES string of the molecule is C=CCn1c(SCC(=O)Nc2cccc(OC)c2)nnc1[C@H](C)NC(=O)c1ccccc1C. The van der Waals surface area contributed by atoms with Gasteiger partial charge in [-0.2, -0.15) is 0 Å². The van der Waals surface area contributed by atoms with Gasteiger partial charge in [0.05, 0.1) is 18.9 Å². The Balaban J connectivity index is 1.67. The van der Waals surface area contributed by atoms with E-state index in [9.17, 15) is 9.59 Å². The molecule has 2 N–H and O–H groups in total. The van der Waals surface area contributed by atoms with Crippen molar-refractivity contribution < 1.29 is 14.3 Å². The highest BCUT2D eigenvalue weighted by Crippen LogP contribution is 2.22. The van der Waals surface area contributed by atoms with Crippen LogP contribution in [0.5, 0.6) is 5.75 Å². The van der Waals surface area contributed by atoms with Crippen LogP contribution < -0.4 is 15.4 Å². The summed E-state index contributed by atoms with van der Waals surface area (Å²) in [6.07, 6.45) is 1.73. The van der Waals surface area contributed by atoms with E-state index in [1.165, 1.54) is 11.8 Å². The third-order valence-electron chi connectivity index (χ3n) is 4.87. The molecule has 172 valence electrons. The van der Waals surface area contributed by atoms with Crippen LogP contribution in [-0.2, 0) is 11.3 Å². The first-order valence-electron chi connectivity index (χ1n) is 10.4. The number of hydrogen-bond donors (Lipinski definition) is 2. The average molecular weight is 466 g/mol. The molecule has 0 radical (unpaired) electrons. The predicted octanol–water partition coefficient (Wildman–Crippen LogP) is 4.00. The Kier molecular flexibility index (Phi) is 8.26. The number of thioether (sulfide) groups is 1. The lowest BCUT2D eigenvalue weighted by Crippen LogP contribution is -2.29. The second-order valence-corrected chi connectivity index (χ2v) is 8.26. The van der Waals surface area contributed by atoms with Crippen molar-refractivity contribution in [3.05, 3.63) is 78.1 Å². The Bertz CT molecular complexity index is 1140. The van der Waals surface area contributed by atoms with Gasteiger partial charge in [0.25, 0.3) is 5.91 Å². The zero-order valence-electron chi connectivity index (χ0n) is 18.9. The van der Waals surface area contributed by atoms with Crippen LogP contribution in [-0.4, -0.2) is 39.4 Å². The summed E-state index contributed by atoms with van der Waals surface area (Å²) in [5.74, 6) is 1.05. The molecule has 1 atom stereocenters. The molecular weight excluding hydrogens is 438 g/mol. The molecule has 0 bridgehead atoms. The molecule has 0 spiro atoms. The predicted molar refractivity (Wildman–Crippen MR) is 130 cm³/mol. The van der Waals surface area contributed by atoms with E-state index in [2.05, 4.69) is 27.4 Å². The molecule has 0 aliphatic rings. The van der Waals surface area contributed by atoms with Gasteiger partial charge in [-0.1, -0.05) is 42.1 Å². The van der Waals surface area contributed by atoms with Crippen molar-refractivity contribution in [3.63, 3.8) is 0 Å². The summed E-state index contributed by atoms with van der Waals surface area (Å²) in [4.78, 5) is 25.1. The normalized spacial score (nSPS) is 11.5. The monoisotopic (exact) mass is 465 g/mol. The quantitative estimate of drug-likeness (QED) is 0.347. The first-order valence-corrected chi connectivity index (χ1v) is 11.4. The van der Waals surface area contributed by atoms with Gasteiger partial charge in [0, 0.05) is 23.9 Å². The Morgan fingerprint density at radius 3 is 2.73 bits per heavy atom. The molecule has 0 aliphatic heterocycles. The van der Waals surface area contributed by atoms with Gasteiger partial charge in [-0.05, 0) is 37.6 Å². The smallest absolute Gasteiger partial charge is 0.252 e. The summed E-state index contributed by atoms with van der Waals surface area (Å²) in [5, 5.41) is 14.9. The maximum Gasteiger partial charge on any atom is 0.252 e. The van der Waals surface area contributed by atoms with Crippen LogP contribution in [0.25, 0.3) is 0 Å². The summed E-state index contributed by atoms with van der Waals surface area (Å²) < 4.78 is 7.02. The number of carbonyl (C=O) groups is 2. The third kappa shape index (κ3) is 6.23. The number of hydrogen-bond acceptors (Lipinski definition) is 6. The van der Waals surface area contributed by atoms with Crippen molar-refractivity contribution in [2.24, 2.45) is 0 Å². The van der Waals surface area contributed by atoms with Gasteiger partial charge in [-0.15, -0.1) is 16.8 Å². The van der Waals surface area contributed by atoms with Crippen molar-refractivity contribution in [2.45, 2.75) is 31.6 Å². The number of amides is 2. The molecule has 0 unspecified atom stereocenters. The lowest BCUT2D eigenvalue weighted by Gasteiger charge is -2.16. The summed E-state index contributed by atoms with van der Waals surface area (Å²) in [5.41, 5.74) is 2.16. The van der Waals surface area contributed by atoms with E-state index < -0.39 is 0 Å². The van der Waals surface area contributed by atoms with E-state index in [0.717, 1.165) is 5.56 Å². The van der Waals surface area contributed by atoms with Crippen molar-refractivity contribution in [3.8, 4) is 5.75 Å². The van der Waals surface area contributed by atoms with E-state index in [0.29, 0.717) is 34.5 Å². The van der Waals surface area contributed by atoms with Gasteiger partial charge >= 0.3 is 0 Å². The van der Waals surface area contributed by atoms with Gasteiger partial charge in [-0.3, -0.25) is 9.59 Å². The number of aryl methyl sites for hydroxylation is 1. The van der Waals surface area contributed by atoms with Crippen LogP contribution in [0.2, 0.25) is 0 Å². The molecule has 0 saturated heterocycles. The van der Waals surface area contributed by atoms with E-state index in [1.54, 1.807) is 37.5 Å². The Labute approximate surface area is 197 Å². The molecule has 8 nitrogen and oxygen atoms in total. The number of aromatic nitrogens is 3. The number of nitrogens with one attached hydrogen (secondary N) is 2. The number of benzene rings is 2. The minimum Gasteiger partial charge on any atom is -0.497 e. The zero-order chi connectivity index (χ0) is 23.8. The molecule has 3 aromatic rings. The van der Waals surface area contributed by atoms with Gasteiger partial charge in [0.15, 0.2) is 11.0 Å². The molecule has 0 saturated carbocycles. The van der Waals surface area contributed by atoms with E-state index in [1.807, 2.05) is 42.7 Å². The molecule has 2 amide bonds. The maximum absolute atomic E-state index is 12.7. The van der Waals surface area contributed by atoms with Crippen molar-refractivity contribution >= 4 is 29.3 Å². The van der Waals surface area contributed by atoms with Crippen LogP contribution in [0.4, 0.5) is 5.69 Å². The lowest BCUT2D eigenvalue weighted by molar-refractivity contribution is -0.113. The zero-order valence-corrected chi connectivity index (χ0v) is 19.7. The number of rotatable bonds is 10. The van der Waals surface area contributed by atoms with E-state index in [-0.39, 0.29) is 23.6 Å². The lowest BCUT2D eigenvalue weighted by atomic mass is 10.1. The summed E-state index contributed by atoms with van der Waals surface area (Å²) >= 11 is 1.27. The second kappa shape index (κ2) is 11.3. The number of anilines is 1. The number of methoxy groups -OCH3 is 1. The Morgan fingerprint density at radius 2 is 2.00 bits per heavy atom. The van der Waals surface area contributed by atoms with E-state index in [4.69, 9.17) is 4.74 Å². The van der Waals surface area contributed by atoms with Crippen LogP contribution in [0, 0.1) is 6.92 Å². The van der Waals surface area contributed by atoms with Gasteiger partial charge in [-0.25, -0.2) is 0 Å². The molecule has 0 fully saturated rings. The maximum atomic E-state index is 12.7. The van der Waals surface area contributed by atoms with Crippen LogP contribution in [0.15, 0.2) is 66.3 Å². The summed E-state index contributed by atoms with van der Waals surface area (Å²) in [7, 11) is 1.57. The largest absolute Gasteiger partial charge is 0.497 e. The number of nitrogens with zero attached hydrogens (tertiary/aromatic N) is 3. The average Bonchev–Trinajstić information content (AvgIpc) is 3.21.